The average Bonchev–Trinajstić information content (AvgIpc) is 2.85. The highest BCUT2D eigenvalue weighted by atomic mass is 32.1. The van der Waals surface area contributed by atoms with Gasteiger partial charge in [0, 0.05) is 17.1 Å². The zero-order chi connectivity index (χ0) is 13.8. The van der Waals surface area contributed by atoms with Crippen LogP contribution in [-0.4, -0.2) is 26.3 Å². The van der Waals surface area contributed by atoms with E-state index in [0.29, 0.717) is 0 Å². The Balaban J connectivity index is 2.42. The number of nitrogens with zero attached hydrogens (tertiary/aromatic N) is 1. The smallest absolute Gasteiger partial charge is 0.122 e. The maximum atomic E-state index is 5.31. The molecule has 102 valence electrons. The van der Waals surface area contributed by atoms with Gasteiger partial charge in [0.15, 0.2) is 0 Å². The zero-order valence-corrected chi connectivity index (χ0v) is 12.4. The molecule has 4 nitrogen and oxygen atoms in total. The lowest BCUT2D eigenvalue weighted by Crippen LogP contribution is -2.17. The predicted octanol–water partition coefficient (Wildman–Crippen LogP) is 2.78. The van der Waals surface area contributed by atoms with Crippen molar-refractivity contribution in [2.24, 2.45) is 0 Å². The Kier molecular flexibility index (Phi) is 4.39. The highest BCUT2D eigenvalue weighted by molar-refractivity contribution is 7.09. The number of benzene rings is 1. The Hall–Kier alpha value is -1.59. The largest absolute Gasteiger partial charge is 0.497 e. The first-order valence-electron chi connectivity index (χ1n) is 6.00. The molecule has 0 aliphatic carbocycles. The van der Waals surface area contributed by atoms with E-state index in [2.05, 4.69) is 15.7 Å². The van der Waals surface area contributed by atoms with Crippen LogP contribution in [0.25, 0.3) is 0 Å². The summed E-state index contributed by atoms with van der Waals surface area (Å²) in [6.07, 6.45) is 0. The van der Waals surface area contributed by atoms with E-state index >= 15 is 0 Å². The van der Waals surface area contributed by atoms with Crippen molar-refractivity contribution in [3.63, 3.8) is 0 Å². The minimum atomic E-state index is 0.0442. The normalized spacial score (nSPS) is 12.2. The molecule has 0 aliphatic heterocycles. The summed E-state index contributed by atoms with van der Waals surface area (Å²) in [5.74, 6) is 1.56. The molecule has 0 amide bonds. The van der Waals surface area contributed by atoms with Crippen LogP contribution in [0.5, 0.6) is 11.5 Å². The van der Waals surface area contributed by atoms with Crippen LogP contribution in [0, 0.1) is 6.92 Å². The molecule has 0 bridgehead atoms. The molecule has 0 spiro atoms. The highest BCUT2D eigenvalue weighted by Crippen LogP contribution is 2.31. The molecule has 0 aliphatic rings. The van der Waals surface area contributed by atoms with Crippen molar-refractivity contribution in [1.29, 1.82) is 0 Å². The SMILES string of the molecule is CNC(c1cc(OC)cc(OC)c1)c1nc(C)cs1. The summed E-state index contributed by atoms with van der Waals surface area (Å²) in [7, 11) is 5.23. The fourth-order valence-corrected chi connectivity index (χ4v) is 2.86. The first kappa shape index (κ1) is 13.8. The van der Waals surface area contributed by atoms with E-state index in [0.717, 1.165) is 27.8 Å². The van der Waals surface area contributed by atoms with Crippen molar-refractivity contribution in [3.8, 4) is 11.5 Å². The summed E-state index contributed by atoms with van der Waals surface area (Å²) in [4.78, 5) is 4.54. The maximum Gasteiger partial charge on any atom is 0.122 e. The van der Waals surface area contributed by atoms with Crippen LogP contribution in [0.2, 0.25) is 0 Å². The Labute approximate surface area is 117 Å². The average molecular weight is 278 g/mol. The van der Waals surface area contributed by atoms with E-state index < -0.39 is 0 Å². The molecule has 1 aromatic carbocycles. The number of rotatable bonds is 5. The van der Waals surface area contributed by atoms with E-state index in [9.17, 15) is 0 Å². The van der Waals surface area contributed by atoms with Crippen LogP contribution in [-0.2, 0) is 0 Å². The summed E-state index contributed by atoms with van der Waals surface area (Å²) in [6, 6.07) is 5.91. The van der Waals surface area contributed by atoms with Gasteiger partial charge >= 0.3 is 0 Å². The maximum absolute atomic E-state index is 5.31. The lowest BCUT2D eigenvalue weighted by atomic mass is 10.1. The monoisotopic (exact) mass is 278 g/mol. The van der Waals surface area contributed by atoms with Crippen LogP contribution >= 0.6 is 11.3 Å². The van der Waals surface area contributed by atoms with Gasteiger partial charge in [0.1, 0.15) is 16.5 Å². The minimum absolute atomic E-state index is 0.0442. The van der Waals surface area contributed by atoms with Crippen LogP contribution in [0.1, 0.15) is 22.3 Å². The quantitative estimate of drug-likeness (QED) is 0.913. The molecule has 1 atom stereocenters. The standard InChI is InChI=1S/C14H18N2O2S/c1-9-8-19-14(16-9)13(15-2)10-5-11(17-3)7-12(6-10)18-4/h5-8,13,15H,1-4H3. The predicted molar refractivity (Wildman–Crippen MR) is 77.3 cm³/mol. The van der Waals surface area contributed by atoms with Gasteiger partial charge in [0.05, 0.1) is 20.3 Å². The van der Waals surface area contributed by atoms with E-state index in [4.69, 9.17) is 9.47 Å². The van der Waals surface area contributed by atoms with Crippen molar-refractivity contribution in [1.82, 2.24) is 10.3 Å². The molecule has 0 saturated carbocycles. The van der Waals surface area contributed by atoms with Gasteiger partial charge in [-0.25, -0.2) is 4.98 Å². The number of thiazole rings is 1. The number of methoxy groups -OCH3 is 2. The summed E-state index contributed by atoms with van der Waals surface area (Å²) in [5, 5.41) is 6.38. The van der Waals surface area contributed by atoms with Crippen molar-refractivity contribution < 1.29 is 9.47 Å². The molecule has 1 heterocycles. The second-order valence-corrected chi connectivity index (χ2v) is 5.08. The number of nitrogens with one attached hydrogen (secondary N) is 1. The summed E-state index contributed by atoms with van der Waals surface area (Å²) in [6.45, 7) is 2.00. The Morgan fingerprint density at radius 3 is 2.21 bits per heavy atom. The van der Waals surface area contributed by atoms with Gasteiger partial charge in [0.2, 0.25) is 0 Å². The molecular formula is C14H18N2O2S. The summed E-state index contributed by atoms with van der Waals surface area (Å²) >= 11 is 1.65. The second kappa shape index (κ2) is 6.04. The molecule has 0 fully saturated rings. The lowest BCUT2D eigenvalue weighted by Gasteiger charge is -2.16. The molecule has 5 heteroatoms. The zero-order valence-electron chi connectivity index (χ0n) is 11.6. The van der Waals surface area contributed by atoms with Crippen LogP contribution in [0.15, 0.2) is 23.6 Å². The third-order valence-electron chi connectivity index (χ3n) is 2.88. The first-order valence-corrected chi connectivity index (χ1v) is 6.88. The Morgan fingerprint density at radius 2 is 1.79 bits per heavy atom. The van der Waals surface area contributed by atoms with E-state index in [-0.39, 0.29) is 6.04 Å². The van der Waals surface area contributed by atoms with Gasteiger partial charge in [-0.3, -0.25) is 0 Å². The molecule has 2 rings (SSSR count). The molecular weight excluding hydrogens is 260 g/mol. The van der Waals surface area contributed by atoms with Gasteiger partial charge in [-0.2, -0.15) is 0 Å². The molecule has 2 aromatic rings. The molecule has 1 aromatic heterocycles. The third kappa shape index (κ3) is 3.05. The van der Waals surface area contributed by atoms with Crippen LogP contribution in [0.3, 0.4) is 0 Å². The number of hydrogen-bond donors (Lipinski definition) is 1. The number of ether oxygens (including phenoxy) is 2. The van der Waals surface area contributed by atoms with Crippen molar-refractivity contribution in [2.45, 2.75) is 13.0 Å². The van der Waals surface area contributed by atoms with E-state index in [1.807, 2.05) is 32.2 Å². The van der Waals surface area contributed by atoms with Crippen molar-refractivity contribution in [2.75, 3.05) is 21.3 Å². The first-order chi connectivity index (χ1) is 9.17. The fourth-order valence-electron chi connectivity index (χ4n) is 1.93. The van der Waals surface area contributed by atoms with E-state index in [1.165, 1.54) is 0 Å². The third-order valence-corrected chi connectivity index (χ3v) is 3.91. The molecule has 1 N–H and O–H groups in total. The van der Waals surface area contributed by atoms with Gasteiger partial charge < -0.3 is 14.8 Å². The number of aryl methyl sites for hydroxylation is 1. The molecule has 19 heavy (non-hydrogen) atoms. The van der Waals surface area contributed by atoms with Gasteiger partial charge in [-0.05, 0) is 31.7 Å². The number of hydrogen-bond acceptors (Lipinski definition) is 5. The molecule has 0 saturated heterocycles. The second-order valence-electron chi connectivity index (χ2n) is 4.19. The number of aromatic nitrogens is 1. The van der Waals surface area contributed by atoms with Gasteiger partial charge in [0.25, 0.3) is 0 Å². The van der Waals surface area contributed by atoms with Gasteiger partial charge in [-0.1, -0.05) is 0 Å². The molecule has 0 radical (unpaired) electrons. The summed E-state index contributed by atoms with van der Waals surface area (Å²) < 4.78 is 10.6. The van der Waals surface area contributed by atoms with Crippen molar-refractivity contribution >= 4 is 11.3 Å². The Morgan fingerprint density at radius 1 is 1.16 bits per heavy atom. The minimum Gasteiger partial charge on any atom is -0.497 e. The molecule has 1 unspecified atom stereocenters. The van der Waals surface area contributed by atoms with Crippen LogP contribution < -0.4 is 14.8 Å². The van der Waals surface area contributed by atoms with Gasteiger partial charge in [-0.15, -0.1) is 11.3 Å². The highest BCUT2D eigenvalue weighted by Gasteiger charge is 2.17. The van der Waals surface area contributed by atoms with Crippen LogP contribution in [0.4, 0.5) is 0 Å². The van der Waals surface area contributed by atoms with E-state index in [1.54, 1.807) is 25.6 Å². The lowest BCUT2D eigenvalue weighted by molar-refractivity contribution is 0.392. The topological polar surface area (TPSA) is 43.4 Å². The fraction of sp³-hybridized carbons (Fsp3) is 0.357. The van der Waals surface area contributed by atoms with Crippen molar-refractivity contribution in [3.05, 3.63) is 39.8 Å². The summed E-state index contributed by atoms with van der Waals surface area (Å²) in [5.41, 5.74) is 2.11. The Bertz CT molecular complexity index is 532.